The molecule has 28 heavy (non-hydrogen) atoms. The maximum Gasteiger partial charge on any atom is 0.328 e. The van der Waals surface area contributed by atoms with Gasteiger partial charge in [0.05, 0.1) is 26.6 Å². The van der Waals surface area contributed by atoms with Crippen molar-refractivity contribution in [3.8, 4) is 11.1 Å². The van der Waals surface area contributed by atoms with Gasteiger partial charge in [-0.3, -0.25) is 9.59 Å². The van der Waals surface area contributed by atoms with Crippen molar-refractivity contribution in [1.29, 1.82) is 0 Å². The molecular formula is C22H23NO5. The highest BCUT2D eigenvalue weighted by Gasteiger charge is 2.37. The van der Waals surface area contributed by atoms with Crippen LogP contribution in [0.5, 0.6) is 0 Å². The van der Waals surface area contributed by atoms with Crippen molar-refractivity contribution in [3.63, 3.8) is 0 Å². The van der Waals surface area contributed by atoms with E-state index in [1.54, 1.807) is 6.92 Å². The quantitative estimate of drug-likeness (QED) is 0.778. The minimum atomic E-state index is -0.948. The summed E-state index contributed by atoms with van der Waals surface area (Å²) in [6.07, 6.45) is -0.00557. The number of carbonyl (C=O) groups excluding carboxylic acids is 3. The van der Waals surface area contributed by atoms with Gasteiger partial charge in [0.2, 0.25) is 5.91 Å². The molecular weight excluding hydrogens is 358 g/mol. The number of rotatable bonds is 6. The Hall–Kier alpha value is -3.15. The van der Waals surface area contributed by atoms with Gasteiger partial charge < -0.3 is 14.8 Å². The molecule has 1 amide bonds. The number of amides is 1. The fourth-order valence-electron chi connectivity index (χ4n) is 3.70. The molecule has 2 aromatic rings. The van der Waals surface area contributed by atoms with Crippen LogP contribution in [0.25, 0.3) is 11.1 Å². The number of carbonyl (C=O) groups is 3. The summed E-state index contributed by atoms with van der Waals surface area (Å²) >= 11 is 0. The average Bonchev–Trinajstić information content (AvgIpc) is 3.05. The summed E-state index contributed by atoms with van der Waals surface area (Å²) in [5.74, 6) is -2.35. The zero-order valence-corrected chi connectivity index (χ0v) is 16.1. The SMILES string of the molecule is COC(=O)C[C@@H](C)[C@@H](NC(=O)C1c2ccccc2-c2ccccc21)C(=O)OC. The van der Waals surface area contributed by atoms with Gasteiger partial charge in [0.15, 0.2) is 0 Å². The smallest absolute Gasteiger partial charge is 0.328 e. The Balaban J connectivity index is 1.90. The summed E-state index contributed by atoms with van der Waals surface area (Å²) < 4.78 is 9.52. The molecule has 0 fully saturated rings. The lowest BCUT2D eigenvalue weighted by molar-refractivity contribution is -0.148. The Morgan fingerprint density at radius 2 is 1.46 bits per heavy atom. The van der Waals surface area contributed by atoms with Crippen molar-refractivity contribution in [2.75, 3.05) is 14.2 Å². The van der Waals surface area contributed by atoms with Gasteiger partial charge in [0, 0.05) is 0 Å². The first-order valence-corrected chi connectivity index (χ1v) is 9.11. The fraction of sp³-hybridized carbons (Fsp3) is 0.318. The van der Waals surface area contributed by atoms with E-state index in [4.69, 9.17) is 4.74 Å². The second kappa shape index (κ2) is 8.25. The van der Waals surface area contributed by atoms with Crippen molar-refractivity contribution in [3.05, 3.63) is 59.7 Å². The molecule has 2 aromatic carbocycles. The van der Waals surface area contributed by atoms with E-state index >= 15 is 0 Å². The topological polar surface area (TPSA) is 81.7 Å². The van der Waals surface area contributed by atoms with Crippen LogP contribution in [-0.4, -0.2) is 38.1 Å². The highest BCUT2D eigenvalue weighted by Crippen LogP contribution is 2.44. The Bertz CT molecular complexity index is 862. The number of esters is 2. The average molecular weight is 381 g/mol. The van der Waals surface area contributed by atoms with Crippen LogP contribution in [0.3, 0.4) is 0 Å². The van der Waals surface area contributed by atoms with E-state index in [1.165, 1.54) is 14.2 Å². The molecule has 0 heterocycles. The van der Waals surface area contributed by atoms with Crippen LogP contribution in [0.4, 0.5) is 0 Å². The number of nitrogens with one attached hydrogen (secondary N) is 1. The second-order valence-corrected chi connectivity index (χ2v) is 6.87. The number of hydrogen-bond donors (Lipinski definition) is 1. The van der Waals surface area contributed by atoms with Crippen molar-refractivity contribution in [2.24, 2.45) is 5.92 Å². The van der Waals surface area contributed by atoms with Gasteiger partial charge in [-0.1, -0.05) is 55.5 Å². The molecule has 6 nitrogen and oxygen atoms in total. The van der Waals surface area contributed by atoms with Gasteiger partial charge in [-0.2, -0.15) is 0 Å². The van der Waals surface area contributed by atoms with Crippen LogP contribution in [-0.2, 0) is 23.9 Å². The van der Waals surface area contributed by atoms with Crippen molar-refractivity contribution in [2.45, 2.75) is 25.3 Å². The molecule has 0 radical (unpaired) electrons. The molecule has 0 bridgehead atoms. The van der Waals surface area contributed by atoms with Crippen LogP contribution in [0.1, 0.15) is 30.4 Å². The lowest BCUT2D eigenvalue weighted by Crippen LogP contribution is -2.48. The first-order valence-electron chi connectivity index (χ1n) is 9.11. The highest BCUT2D eigenvalue weighted by atomic mass is 16.5. The van der Waals surface area contributed by atoms with Crippen LogP contribution < -0.4 is 5.32 Å². The van der Waals surface area contributed by atoms with E-state index in [1.807, 2.05) is 48.5 Å². The van der Waals surface area contributed by atoms with E-state index in [-0.39, 0.29) is 12.3 Å². The molecule has 0 unspecified atom stereocenters. The number of benzene rings is 2. The number of methoxy groups -OCH3 is 2. The van der Waals surface area contributed by atoms with E-state index in [9.17, 15) is 14.4 Å². The van der Waals surface area contributed by atoms with Crippen LogP contribution >= 0.6 is 0 Å². The third-order valence-electron chi connectivity index (χ3n) is 5.13. The third-order valence-corrected chi connectivity index (χ3v) is 5.13. The predicted octanol–water partition coefficient (Wildman–Crippen LogP) is 2.66. The van der Waals surface area contributed by atoms with E-state index < -0.39 is 29.8 Å². The summed E-state index contributed by atoms with van der Waals surface area (Å²) in [6, 6.07) is 14.5. The Morgan fingerprint density at radius 3 is 1.96 bits per heavy atom. The standard InChI is InChI=1S/C22H23NO5/c1-13(12-18(24)27-2)20(22(26)28-3)23-21(25)19-16-10-6-4-8-14(16)15-9-5-7-11-17(15)19/h4-11,13,19-20H,12H2,1-3H3,(H,23,25)/t13-,20-/m1/s1. The molecule has 0 saturated heterocycles. The predicted molar refractivity (Wildman–Crippen MR) is 103 cm³/mol. The minimum absolute atomic E-state index is 0.00557. The number of fused-ring (bicyclic) bond motifs is 3. The molecule has 1 N–H and O–H groups in total. The van der Waals surface area contributed by atoms with E-state index in [2.05, 4.69) is 10.1 Å². The highest BCUT2D eigenvalue weighted by molar-refractivity contribution is 5.98. The molecule has 146 valence electrons. The molecule has 0 spiro atoms. The van der Waals surface area contributed by atoms with Gasteiger partial charge in [0.1, 0.15) is 6.04 Å². The summed E-state index contributed by atoms with van der Waals surface area (Å²) in [7, 11) is 2.54. The van der Waals surface area contributed by atoms with E-state index in [0.29, 0.717) is 0 Å². The van der Waals surface area contributed by atoms with Crippen molar-refractivity contribution < 1.29 is 23.9 Å². The van der Waals surface area contributed by atoms with Gasteiger partial charge in [-0.15, -0.1) is 0 Å². The van der Waals surface area contributed by atoms with Crippen molar-refractivity contribution in [1.82, 2.24) is 5.32 Å². The third kappa shape index (κ3) is 3.63. The maximum absolute atomic E-state index is 13.2. The number of hydrogen-bond acceptors (Lipinski definition) is 5. The lowest BCUT2D eigenvalue weighted by Gasteiger charge is -2.24. The summed E-state index contributed by atoms with van der Waals surface area (Å²) in [6.45, 7) is 1.70. The van der Waals surface area contributed by atoms with E-state index in [0.717, 1.165) is 22.3 Å². The van der Waals surface area contributed by atoms with Gasteiger partial charge in [-0.05, 0) is 28.2 Å². The summed E-state index contributed by atoms with van der Waals surface area (Å²) in [5.41, 5.74) is 3.81. The second-order valence-electron chi connectivity index (χ2n) is 6.87. The van der Waals surface area contributed by atoms with Crippen LogP contribution in [0, 0.1) is 5.92 Å². The molecule has 0 aliphatic heterocycles. The molecule has 1 aliphatic rings. The Kier molecular flexibility index (Phi) is 5.78. The normalized spacial score (nSPS) is 14.4. The zero-order chi connectivity index (χ0) is 20.3. The Morgan fingerprint density at radius 1 is 0.929 bits per heavy atom. The molecule has 2 atom stereocenters. The summed E-state index contributed by atoms with van der Waals surface area (Å²) in [4.78, 5) is 37.1. The first-order chi connectivity index (χ1) is 13.5. The lowest BCUT2D eigenvalue weighted by atomic mass is 9.93. The molecule has 0 aromatic heterocycles. The molecule has 1 aliphatic carbocycles. The minimum Gasteiger partial charge on any atom is -0.469 e. The maximum atomic E-state index is 13.2. The number of ether oxygens (including phenoxy) is 2. The monoisotopic (exact) mass is 381 g/mol. The molecule has 6 heteroatoms. The van der Waals surface area contributed by atoms with Gasteiger partial charge in [-0.25, -0.2) is 4.79 Å². The summed E-state index contributed by atoms with van der Waals surface area (Å²) in [5, 5.41) is 2.80. The Labute approximate surface area is 163 Å². The van der Waals surface area contributed by atoms with Crippen molar-refractivity contribution >= 4 is 17.8 Å². The molecule has 0 saturated carbocycles. The van der Waals surface area contributed by atoms with Gasteiger partial charge in [0.25, 0.3) is 0 Å². The fourth-order valence-corrected chi connectivity index (χ4v) is 3.70. The zero-order valence-electron chi connectivity index (χ0n) is 16.1. The largest absolute Gasteiger partial charge is 0.469 e. The molecule has 3 rings (SSSR count). The van der Waals surface area contributed by atoms with Crippen LogP contribution in [0.2, 0.25) is 0 Å². The first kappa shape index (κ1) is 19.6. The van der Waals surface area contributed by atoms with Crippen LogP contribution in [0.15, 0.2) is 48.5 Å². The van der Waals surface area contributed by atoms with Gasteiger partial charge >= 0.3 is 11.9 Å².